The third kappa shape index (κ3) is 3.43. The SMILES string of the molecule is N#CCCCCCn1sccc1=O. The van der Waals surface area contributed by atoms with Gasteiger partial charge in [0.2, 0.25) is 0 Å². The zero-order chi connectivity index (χ0) is 9.52. The minimum Gasteiger partial charge on any atom is -0.268 e. The molecule has 1 rings (SSSR count). The van der Waals surface area contributed by atoms with Crippen molar-refractivity contribution in [2.45, 2.75) is 32.2 Å². The first-order chi connectivity index (χ1) is 6.34. The van der Waals surface area contributed by atoms with Gasteiger partial charge in [0.15, 0.2) is 0 Å². The first-order valence-electron chi connectivity index (χ1n) is 4.36. The zero-order valence-corrected chi connectivity index (χ0v) is 8.22. The van der Waals surface area contributed by atoms with Crippen molar-refractivity contribution in [1.82, 2.24) is 3.96 Å². The fourth-order valence-electron chi connectivity index (χ4n) is 1.10. The number of hydrogen-bond donors (Lipinski definition) is 0. The molecule has 0 N–H and O–H groups in total. The first kappa shape index (κ1) is 10.0. The average Bonchev–Trinajstić information content (AvgIpc) is 2.52. The molecular formula is C9H12N2OS. The monoisotopic (exact) mass is 196 g/mol. The number of unbranched alkanes of at least 4 members (excludes halogenated alkanes) is 3. The zero-order valence-electron chi connectivity index (χ0n) is 7.40. The number of aromatic nitrogens is 1. The van der Waals surface area contributed by atoms with Crippen LogP contribution in [-0.2, 0) is 6.54 Å². The average molecular weight is 196 g/mol. The van der Waals surface area contributed by atoms with E-state index in [1.54, 1.807) is 15.4 Å². The van der Waals surface area contributed by atoms with Crippen LogP contribution >= 0.6 is 11.5 Å². The summed E-state index contributed by atoms with van der Waals surface area (Å²) in [6.45, 7) is 0.794. The lowest BCUT2D eigenvalue weighted by molar-refractivity contribution is 0.610. The van der Waals surface area contributed by atoms with Gasteiger partial charge >= 0.3 is 0 Å². The van der Waals surface area contributed by atoms with Crippen LogP contribution in [0.25, 0.3) is 0 Å². The van der Waals surface area contributed by atoms with Crippen LogP contribution in [0.4, 0.5) is 0 Å². The Balaban J connectivity index is 2.18. The lowest BCUT2D eigenvalue weighted by atomic mass is 10.2. The summed E-state index contributed by atoms with van der Waals surface area (Å²) in [5, 5.41) is 10.1. The van der Waals surface area contributed by atoms with Crippen LogP contribution in [0.1, 0.15) is 25.7 Å². The van der Waals surface area contributed by atoms with Gasteiger partial charge in [-0.05, 0) is 12.8 Å². The lowest BCUT2D eigenvalue weighted by Crippen LogP contribution is -2.11. The molecule has 0 unspecified atom stereocenters. The van der Waals surface area contributed by atoms with Gasteiger partial charge in [0, 0.05) is 24.4 Å². The van der Waals surface area contributed by atoms with Crippen molar-refractivity contribution in [3.63, 3.8) is 0 Å². The van der Waals surface area contributed by atoms with Gasteiger partial charge in [0.1, 0.15) is 0 Å². The summed E-state index contributed by atoms with van der Waals surface area (Å²) in [4.78, 5) is 11.1. The van der Waals surface area contributed by atoms with E-state index in [9.17, 15) is 4.79 Å². The van der Waals surface area contributed by atoms with Crippen LogP contribution in [0.15, 0.2) is 16.2 Å². The number of aryl methyl sites for hydroxylation is 1. The van der Waals surface area contributed by atoms with Crippen LogP contribution in [-0.4, -0.2) is 3.96 Å². The number of nitriles is 1. The minimum absolute atomic E-state index is 0.0882. The van der Waals surface area contributed by atoms with Crippen LogP contribution in [0.2, 0.25) is 0 Å². The van der Waals surface area contributed by atoms with Crippen LogP contribution in [0, 0.1) is 11.3 Å². The highest BCUT2D eigenvalue weighted by Gasteiger charge is 1.95. The highest BCUT2D eigenvalue weighted by Crippen LogP contribution is 2.02. The fraction of sp³-hybridized carbons (Fsp3) is 0.556. The van der Waals surface area contributed by atoms with Gasteiger partial charge in [0.25, 0.3) is 5.56 Å². The summed E-state index contributed by atoms with van der Waals surface area (Å²) in [6, 6.07) is 3.69. The van der Waals surface area contributed by atoms with E-state index < -0.39 is 0 Å². The molecule has 1 aromatic heterocycles. The lowest BCUT2D eigenvalue weighted by Gasteiger charge is -1.98. The highest BCUT2D eigenvalue weighted by molar-refractivity contribution is 7.04. The highest BCUT2D eigenvalue weighted by atomic mass is 32.1. The van der Waals surface area contributed by atoms with Crippen LogP contribution in [0.3, 0.4) is 0 Å². The van der Waals surface area contributed by atoms with Gasteiger partial charge in [-0.1, -0.05) is 18.0 Å². The molecule has 0 saturated carbocycles. The molecule has 0 fully saturated rings. The molecule has 13 heavy (non-hydrogen) atoms. The molecule has 0 bridgehead atoms. The molecule has 0 aliphatic heterocycles. The van der Waals surface area contributed by atoms with E-state index in [1.807, 2.05) is 0 Å². The van der Waals surface area contributed by atoms with Crippen molar-refractivity contribution < 1.29 is 0 Å². The van der Waals surface area contributed by atoms with E-state index in [1.165, 1.54) is 11.5 Å². The molecule has 0 saturated heterocycles. The van der Waals surface area contributed by atoms with Gasteiger partial charge in [-0.2, -0.15) is 5.26 Å². The van der Waals surface area contributed by atoms with Crippen molar-refractivity contribution in [1.29, 1.82) is 5.26 Å². The topological polar surface area (TPSA) is 45.8 Å². The van der Waals surface area contributed by atoms with Gasteiger partial charge in [-0.15, -0.1) is 0 Å². The van der Waals surface area contributed by atoms with Crippen molar-refractivity contribution >= 4 is 11.5 Å². The first-order valence-corrected chi connectivity index (χ1v) is 5.20. The Labute approximate surface area is 81.4 Å². The molecule has 0 amide bonds. The largest absolute Gasteiger partial charge is 0.268 e. The standard InChI is InChI=1S/C9H12N2OS/c10-6-3-1-2-4-7-11-9(12)5-8-13-11/h5,8H,1-4,7H2. The van der Waals surface area contributed by atoms with E-state index in [2.05, 4.69) is 6.07 Å². The molecule has 0 atom stereocenters. The quantitative estimate of drug-likeness (QED) is 0.676. The van der Waals surface area contributed by atoms with E-state index in [-0.39, 0.29) is 5.56 Å². The molecule has 0 aliphatic carbocycles. The molecule has 3 nitrogen and oxygen atoms in total. The Bertz CT molecular complexity index is 334. The molecule has 0 radical (unpaired) electrons. The molecular weight excluding hydrogens is 184 g/mol. The summed E-state index contributed by atoms with van der Waals surface area (Å²) in [7, 11) is 0. The smallest absolute Gasteiger partial charge is 0.260 e. The summed E-state index contributed by atoms with van der Waals surface area (Å²) < 4.78 is 1.74. The number of nitrogens with zero attached hydrogens (tertiary/aromatic N) is 2. The third-order valence-corrected chi connectivity index (χ3v) is 2.67. The third-order valence-electron chi connectivity index (χ3n) is 1.79. The molecule has 0 spiro atoms. The molecule has 70 valence electrons. The fourth-order valence-corrected chi connectivity index (χ4v) is 1.82. The summed E-state index contributed by atoms with van der Waals surface area (Å²) in [5.41, 5.74) is 0.0882. The Morgan fingerprint density at radius 1 is 1.46 bits per heavy atom. The summed E-state index contributed by atoms with van der Waals surface area (Å²) in [6.07, 6.45) is 3.58. The van der Waals surface area contributed by atoms with E-state index in [0.29, 0.717) is 6.42 Å². The Morgan fingerprint density at radius 2 is 2.31 bits per heavy atom. The molecule has 1 aromatic rings. The van der Waals surface area contributed by atoms with Crippen molar-refractivity contribution in [2.75, 3.05) is 0 Å². The van der Waals surface area contributed by atoms with E-state index >= 15 is 0 Å². The number of hydrogen-bond acceptors (Lipinski definition) is 3. The maximum atomic E-state index is 11.1. The summed E-state index contributed by atoms with van der Waals surface area (Å²) in [5.74, 6) is 0. The van der Waals surface area contributed by atoms with Crippen molar-refractivity contribution in [3.8, 4) is 6.07 Å². The molecule has 0 aliphatic rings. The predicted octanol–water partition coefficient (Wildman–Crippen LogP) is 1.99. The summed E-state index contributed by atoms with van der Waals surface area (Å²) >= 11 is 1.45. The van der Waals surface area contributed by atoms with Crippen LogP contribution in [0.5, 0.6) is 0 Å². The van der Waals surface area contributed by atoms with Crippen LogP contribution < -0.4 is 5.56 Å². The van der Waals surface area contributed by atoms with Gasteiger partial charge in [0.05, 0.1) is 6.07 Å². The van der Waals surface area contributed by atoms with Crippen molar-refractivity contribution in [3.05, 3.63) is 21.8 Å². The van der Waals surface area contributed by atoms with Crippen molar-refractivity contribution in [2.24, 2.45) is 0 Å². The molecule has 1 heterocycles. The van der Waals surface area contributed by atoms with E-state index in [0.717, 1.165) is 25.8 Å². The van der Waals surface area contributed by atoms with Gasteiger partial charge < -0.3 is 0 Å². The second kappa shape index (κ2) is 5.55. The normalized spacial score (nSPS) is 9.77. The van der Waals surface area contributed by atoms with Gasteiger partial charge in [-0.3, -0.25) is 8.75 Å². The predicted molar refractivity (Wildman–Crippen MR) is 52.7 cm³/mol. The Kier molecular flexibility index (Phi) is 4.27. The Hall–Kier alpha value is -1.08. The Morgan fingerprint density at radius 3 is 2.92 bits per heavy atom. The maximum Gasteiger partial charge on any atom is 0.260 e. The minimum atomic E-state index is 0.0882. The van der Waals surface area contributed by atoms with Gasteiger partial charge in [-0.25, -0.2) is 0 Å². The second-order valence-corrected chi connectivity index (χ2v) is 3.74. The second-order valence-electron chi connectivity index (χ2n) is 2.82. The van der Waals surface area contributed by atoms with E-state index in [4.69, 9.17) is 5.26 Å². The maximum absolute atomic E-state index is 11.1. The molecule has 0 aromatic carbocycles. The number of rotatable bonds is 5. The molecule has 4 heteroatoms.